The van der Waals surface area contributed by atoms with Gasteiger partial charge in [-0.25, -0.2) is 13.1 Å². The average Bonchev–Trinajstić information content (AvgIpc) is 2.40. The molecule has 0 radical (unpaired) electrons. The summed E-state index contributed by atoms with van der Waals surface area (Å²) in [6.07, 6.45) is -4.69. The van der Waals surface area contributed by atoms with Crippen LogP contribution in [0.2, 0.25) is 0 Å². The maximum atomic E-state index is 13.3. The van der Waals surface area contributed by atoms with E-state index in [0.717, 1.165) is 17.6 Å². The Morgan fingerprint density at radius 1 is 0.750 bits per heavy atom. The fourth-order valence-electron chi connectivity index (χ4n) is 1.56. The molecule has 0 aromatic heterocycles. The minimum atomic E-state index is -7.24. The van der Waals surface area contributed by atoms with E-state index < -0.39 is 39.8 Å². The lowest BCUT2D eigenvalue weighted by atomic mass is 10.1. The van der Waals surface area contributed by atoms with Crippen LogP contribution < -0.4 is 4.72 Å². The molecule has 0 bridgehead atoms. The molecule has 0 unspecified atom stereocenters. The predicted molar refractivity (Wildman–Crippen MR) is 66.6 cm³/mol. The third-order valence-corrected chi connectivity index (χ3v) is 4.54. The van der Waals surface area contributed by atoms with Gasteiger partial charge in [-0.2, -0.15) is 39.5 Å². The highest BCUT2D eigenvalue weighted by molar-refractivity contribution is 7.90. The van der Waals surface area contributed by atoms with Crippen LogP contribution in [0.5, 0.6) is 0 Å². The molecule has 0 amide bonds. The van der Waals surface area contributed by atoms with Crippen LogP contribution in [-0.2, 0) is 10.0 Å². The SMILES string of the molecule is CCCCCCCNS(=O)(=O)C(F)(F)C(F)(F)C(F)(F)C(F)(F)F. The number of hydrogen-bond donors (Lipinski definition) is 1. The number of hydrogen-bond acceptors (Lipinski definition) is 2. The first-order valence-electron chi connectivity index (χ1n) is 6.75. The summed E-state index contributed by atoms with van der Waals surface area (Å²) in [5.74, 6) is -14.4. The average molecular weight is 397 g/mol. The smallest absolute Gasteiger partial charge is 0.210 e. The first-order valence-corrected chi connectivity index (χ1v) is 8.24. The van der Waals surface area contributed by atoms with E-state index in [1.165, 1.54) is 0 Å². The minimum absolute atomic E-state index is 0.0729. The number of alkyl halides is 9. The summed E-state index contributed by atoms with van der Waals surface area (Å²) in [6.45, 7) is 1.04. The second-order valence-electron chi connectivity index (χ2n) is 4.98. The molecule has 1 N–H and O–H groups in total. The molecule has 0 fully saturated rings. The molecule has 0 atom stereocenters. The van der Waals surface area contributed by atoms with Crippen LogP contribution in [0.25, 0.3) is 0 Å². The van der Waals surface area contributed by atoms with E-state index in [4.69, 9.17) is 0 Å². The van der Waals surface area contributed by atoms with Gasteiger partial charge in [0, 0.05) is 6.54 Å². The topological polar surface area (TPSA) is 46.2 Å². The van der Waals surface area contributed by atoms with Gasteiger partial charge in [-0.3, -0.25) is 0 Å². The molecule has 0 spiro atoms. The van der Waals surface area contributed by atoms with Crippen molar-refractivity contribution >= 4 is 10.0 Å². The van der Waals surface area contributed by atoms with E-state index in [1.54, 1.807) is 0 Å². The highest BCUT2D eigenvalue weighted by Crippen LogP contribution is 2.54. The molecule has 24 heavy (non-hydrogen) atoms. The Morgan fingerprint density at radius 3 is 1.62 bits per heavy atom. The van der Waals surface area contributed by atoms with Gasteiger partial charge < -0.3 is 0 Å². The molecule has 0 aromatic carbocycles. The Labute approximate surface area is 132 Å². The van der Waals surface area contributed by atoms with E-state index in [1.807, 2.05) is 6.92 Å². The number of sulfonamides is 1. The van der Waals surface area contributed by atoms with Crippen LogP contribution in [0.4, 0.5) is 39.5 Å². The number of halogens is 9. The standard InChI is InChI=1S/C11H16F9NO2S/c1-2-3-4-5-6-7-21-24(22,23)11(19,20)9(14,15)8(12,13)10(16,17)18/h21H,2-7H2,1H3. The van der Waals surface area contributed by atoms with Gasteiger partial charge in [-0.15, -0.1) is 0 Å². The maximum Gasteiger partial charge on any atom is 0.460 e. The van der Waals surface area contributed by atoms with E-state index in [-0.39, 0.29) is 6.42 Å². The zero-order valence-electron chi connectivity index (χ0n) is 12.4. The first kappa shape index (κ1) is 23.3. The molecular formula is C11H16F9NO2S. The third kappa shape index (κ3) is 4.46. The van der Waals surface area contributed by atoms with Crippen LogP contribution in [0.1, 0.15) is 39.0 Å². The lowest BCUT2D eigenvalue weighted by Crippen LogP contribution is -2.64. The van der Waals surface area contributed by atoms with E-state index >= 15 is 0 Å². The molecule has 0 heterocycles. The summed E-state index contributed by atoms with van der Waals surface area (Å²) >= 11 is 0. The van der Waals surface area contributed by atoms with Crippen molar-refractivity contribution in [1.29, 1.82) is 0 Å². The van der Waals surface area contributed by atoms with Gasteiger partial charge in [0.15, 0.2) is 0 Å². The minimum Gasteiger partial charge on any atom is -0.210 e. The van der Waals surface area contributed by atoms with Crippen molar-refractivity contribution in [1.82, 2.24) is 4.72 Å². The second-order valence-corrected chi connectivity index (χ2v) is 6.78. The maximum absolute atomic E-state index is 13.3. The summed E-state index contributed by atoms with van der Waals surface area (Å²) in [5, 5.41) is -6.66. The number of rotatable bonds is 10. The Bertz CT molecular complexity index is 502. The van der Waals surface area contributed by atoms with Crippen molar-refractivity contribution in [2.24, 2.45) is 0 Å². The normalized spacial score (nSPS) is 14.9. The van der Waals surface area contributed by atoms with Gasteiger partial charge >= 0.3 is 23.3 Å². The fourth-order valence-corrected chi connectivity index (χ4v) is 2.62. The van der Waals surface area contributed by atoms with Crippen molar-refractivity contribution in [2.75, 3.05) is 6.54 Å². The zero-order chi connectivity index (χ0) is 19.4. The summed E-state index contributed by atoms with van der Waals surface area (Å²) in [6, 6.07) is 0. The Kier molecular flexibility index (Phi) is 7.44. The molecule has 0 aromatic rings. The van der Waals surface area contributed by atoms with Crippen LogP contribution in [0.3, 0.4) is 0 Å². The molecule has 0 saturated heterocycles. The van der Waals surface area contributed by atoms with Gasteiger partial charge in [0.25, 0.3) is 10.0 Å². The van der Waals surface area contributed by atoms with E-state index in [2.05, 4.69) is 0 Å². The Balaban J connectivity index is 5.19. The predicted octanol–water partition coefficient (Wildman–Crippen LogP) is 4.30. The van der Waals surface area contributed by atoms with Crippen molar-refractivity contribution in [2.45, 2.75) is 62.3 Å². The van der Waals surface area contributed by atoms with Crippen molar-refractivity contribution in [3.63, 3.8) is 0 Å². The summed E-state index contributed by atoms with van der Waals surface area (Å²) in [4.78, 5) is 0. The molecular weight excluding hydrogens is 381 g/mol. The summed E-state index contributed by atoms with van der Waals surface area (Å²) in [5.41, 5.74) is 0. The zero-order valence-corrected chi connectivity index (χ0v) is 13.2. The molecule has 0 aliphatic rings. The van der Waals surface area contributed by atoms with Gasteiger partial charge in [-0.05, 0) is 6.42 Å². The van der Waals surface area contributed by atoms with Crippen LogP contribution in [0, 0.1) is 0 Å². The highest BCUT2D eigenvalue weighted by Gasteiger charge is 2.85. The highest BCUT2D eigenvalue weighted by atomic mass is 32.2. The third-order valence-electron chi connectivity index (χ3n) is 3.03. The van der Waals surface area contributed by atoms with Gasteiger partial charge in [0.2, 0.25) is 0 Å². The van der Waals surface area contributed by atoms with E-state index in [9.17, 15) is 47.9 Å². The van der Waals surface area contributed by atoms with Gasteiger partial charge in [0.05, 0.1) is 0 Å². The molecule has 3 nitrogen and oxygen atoms in total. The van der Waals surface area contributed by atoms with E-state index in [0.29, 0.717) is 12.8 Å². The summed E-state index contributed by atoms with van der Waals surface area (Å²) < 4.78 is 137. The van der Waals surface area contributed by atoms with Crippen molar-refractivity contribution < 1.29 is 47.9 Å². The van der Waals surface area contributed by atoms with Crippen molar-refractivity contribution in [3.8, 4) is 0 Å². The molecule has 0 rings (SSSR count). The molecule has 0 aliphatic carbocycles. The largest absolute Gasteiger partial charge is 0.460 e. The Hall–Kier alpha value is -0.720. The molecule has 13 heteroatoms. The van der Waals surface area contributed by atoms with Crippen molar-refractivity contribution in [3.05, 3.63) is 0 Å². The van der Waals surface area contributed by atoms with Gasteiger partial charge in [-0.1, -0.05) is 32.6 Å². The number of nitrogens with one attached hydrogen (secondary N) is 1. The second kappa shape index (κ2) is 7.67. The monoisotopic (exact) mass is 397 g/mol. The lowest BCUT2D eigenvalue weighted by molar-refractivity contribution is -0.382. The lowest BCUT2D eigenvalue weighted by Gasteiger charge is -2.33. The van der Waals surface area contributed by atoms with Crippen LogP contribution >= 0.6 is 0 Å². The molecule has 0 saturated carbocycles. The Morgan fingerprint density at radius 2 is 1.21 bits per heavy atom. The fraction of sp³-hybridized carbons (Fsp3) is 1.00. The van der Waals surface area contributed by atoms with Crippen LogP contribution in [-0.4, -0.2) is 38.2 Å². The van der Waals surface area contributed by atoms with Gasteiger partial charge in [0.1, 0.15) is 0 Å². The molecule has 0 aliphatic heterocycles. The number of unbranched alkanes of at least 4 members (excludes halogenated alkanes) is 4. The van der Waals surface area contributed by atoms with Crippen LogP contribution in [0.15, 0.2) is 0 Å². The first-order chi connectivity index (χ1) is 10.6. The quantitative estimate of drug-likeness (QED) is 0.441. The summed E-state index contributed by atoms with van der Waals surface area (Å²) in [7, 11) is -6.47. The molecule has 146 valence electrons.